The van der Waals surface area contributed by atoms with Crippen LogP contribution in [0.3, 0.4) is 0 Å². The van der Waals surface area contributed by atoms with Crippen LogP contribution in [0.5, 0.6) is 0 Å². The number of hydrogen-bond acceptors (Lipinski definition) is 3. The van der Waals surface area contributed by atoms with Gasteiger partial charge in [0.1, 0.15) is 0 Å². The van der Waals surface area contributed by atoms with Crippen LogP contribution in [0.15, 0.2) is 0 Å². The predicted molar refractivity (Wildman–Crippen MR) is 75.9 cm³/mol. The third-order valence-electron chi connectivity index (χ3n) is 4.74. The lowest BCUT2D eigenvalue weighted by atomic mass is 9.96. The summed E-state index contributed by atoms with van der Waals surface area (Å²) in [7, 11) is 0. The molecule has 0 bridgehead atoms. The van der Waals surface area contributed by atoms with E-state index in [1.54, 1.807) is 0 Å². The van der Waals surface area contributed by atoms with Crippen molar-refractivity contribution in [2.45, 2.75) is 63.6 Å². The summed E-state index contributed by atoms with van der Waals surface area (Å²) >= 11 is 0. The van der Waals surface area contributed by atoms with Crippen molar-refractivity contribution in [2.24, 2.45) is 5.92 Å². The molecule has 0 spiro atoms. The van der Waals surface area contributed by atoms with Crippen molar-refractivity contribution < 1.29 is 4.79 Å². The first-order chi connectivity index (χ1) is 9.24. The predicted octanol–water partition coefficient (Wildman–Crippen LogP) is 1.12. The molecule has 4 heteroatoms. The Labute approximate surface area is 116 Å². The van der Waals surface area contributed by atoms with E-state index in [9.17, 15) is 4.79 Å². The van der Waals surface area contributed by atoms with Crippen molar-refractivity contribution in [1.29, 1.82) is 0 Å². The van der Waals surface area contributed by atoms with Gasteiger partial charge in [-0.05, 0) is 64.5 Å². The second kappa shape index (κ2) is 5.80. The maximum atomic E-state index is 12.2. The minimum absolute atomic E-state index is 0.0583. The molecule has 4 nitrogen and oxygen atoms in total. The standard InChI is InChI=1S/C15H27N3O/c1-11(15(19)17-13-2-3-13)18(14-4-5-14)10-12-6-8-16-9-7-12/h11-14,16H,2-10H2,1H3,(H,17,19). The summed E-state index contributed by atoms with van der Waals surface area (Å²) in [5.74, 6) is 1.03. The molecule has 1 saturated heterocycles. The molecule has 0 aromatic heterocycles. The number of nitrogens with one attached hydrogen (secondary N) is 2. The molecule has 2 saturated carbocycles. The minimum atomic E-state index is 0.0583. The molecular formula is C15H27N3O. The fourth-order valence-electron chi connectivity index (χ4n) is 3.09. The number of rotatable bonds is 6. The van der Waals surface area contributed by atoms with Crippen molar-refractivity contribution in [3.05, 3.63) is 0 Å². The van der Waals surface area contributed by atoms with Crippen LogP contribution >= 0.6 is 0 Å². The van der Waals surface area contributed by atoms with E-state index in [4.69, 9.17) is 0 Å². The zero-order valence-electron chi connectivity index (χ0n) is 12.0. The summed E-state index contributed by atoms with van der Waals surface area (Å²) in [5.41, 5.74) is 0. The van der Waals surface area contributed by atoms with Gasteiger partial charge in [-0.25, -0.2) is 0 Å². The molecule has 0 aromatic carbocycles. The lowest BCUT2D eigenvalue weighted by Crippen LogP contribution is -2.49. The molecule has 1 amide bonds. The molecule has 1 heterocycles. The summed E-state index contributed by atoms with van der Waals surface area (Å²) in [4.78, 5) is 14.7. The first-order valence-electron chi connectivity index (χ1n) is 8.01. The van der Waals surface area contributed by atoms with Crippen LogP contribution < -0.4 is 10.6 Å². The Balaban J connectivity index is 1.54. The molecule has 1 aliphatic heterocycles. The van der Waals surface area contributed by atoms with Crippen LogP contribution in [0.2, 0.25) is 0 Å². The molecule has 0 aromatic rings. The maximum absolute atomic E-state index is 12.2. The third kappa shape index (κ3) is 3.69. The molecule has 3 rings (SSSR count). The molecule has 3 aliphatic rings. The fourth-order valence-corrected chi connectivity index (χ4v) is 3.09. The number of amides is 1. The summed E-state index contributed by atoms with van der Waals surface area (Å²) in [6, 6.07) is 1.22. The van der Waals surface area contributed by atoms with E-state index in [1.807, 2.05) is 0 Å². The zero-order chi connectivity index (χ0) is 13.2. The van der Waals surface area contributed by atoms with Crippen LogP contribution in [-0.2, 0) is 4.79 Å². The first-order valence-corrected chi connectivity index (χ1v) is 8.01. The van der Waals surface area contributed by atoms with Gasteiger partial charge >= 0.3 is 0 Å². The molecule has 0 radical (unpaired) electrons. The Bertz CT molecular complexity index is 319. The minimum Gasteiger partial charge on any atom is -0.352 e. The van der Waals surface area contributed by atoms with Gasteiger partial charge in [0.25, 0.3) is 0 Å². The SMILES string of the molecule is CC(C(=O)NC1CC1)N(CC1CCNCC1)C1CC1. The van der Waals surface area contributed by atoms with Gasteiger partial charge < -0.3 is 10.6 Å². The highest BCUT2D eigenvalue weighted by Gasteiger charge is 2.37. The van der Waals surface area contributed by atoms with Crippen LogP contribution in [0.1, 0.15) is 45.4 Å². The molecule has 2 aliphatic carbocycles. The Kier molecular flexibility index (Phi) is 4.08. The van der Waals surface area contributed by atoms with Gasteiger partial charge in [-0.3, -0.25) is 9.69 Å². The Hall–Kier alpha value is -0.610. The molecule has 3 fully saturated rings. The lowest BCUT2D eigenvalue weighted by Gasteiger charge is -2.33. The van der Waals surface area contributed by atoms with E-state index in [1.165, 1.54) is 38.5 Å². The van der Waals surface area contributed by atoms with Crippen molar-refractivity contribution in [3.8, 4) is 0 Å². The highest BCUT2D eigenvalue weighted by molar-refractivity contribution is 5.82. The number of carbonyl (C=O) groups excluding carboxylic acids is 1. The molecule has 1 unspecified atom stereocenters. The van der Waals surface area contributed by atoms with E-state index in [0.717, 1.165) is 25.6 Å². The summed E-state index contributed by atoms with van der Waals surface area (Å²) in [6.07, 6.45) is 7.45. The topological polar surface area (TPSA) is 44.4 Å². The fraction of sp³-hybridized carbons (Fsp3) is 0.933. The largest absolute Gasteiger partial charge is 0.352 e. The van der Waals surface area contributed by atoms with Crippen molar-refractivity contribution in [2.75, 3.05) is 19.6 Å². The lowest BCUT2D eigenvalue weighted by molar-refractivity contribution is -0.126. The molecule has 108 valence electrons. The van der Waals surface area contributed by atoms with Crippen molar-refractivity contribution in [1.82, 2.24) is 15.5 Å². The molecular weight excluding hydrogens is 238 g/mol. The normalized spacial score (nSPS) is 26.4. The number of carbonyl (C=O) groups is 1. The summed E-state index contributed by atoms with van der Waals surface area (Å²) in [6.45, 7) is 5.50. The quantitative estimate of drug-likeness (QED) is 0.756. The molecule has 1 atom stereocenters. The average molecular weight is 265 g/mol. The van der Waals surface area contributed by atoms with Crippen LogP contribution in [0, 0.1) is 5.92 Å². The third-order valence-corrected chi connectivity index (χ3v) is 4.74. The highest BCUT2D eigenvalue weighted by atomic mass is 16.2. The maximum Gasteiger partial charge on any atom is 0.237 e. The highest BCUT2D eigenvalue weighted by Crippen LogP contribution is 2.31. The van der Waals surface area contributed by atoms with Crippen molar-refractivity contribution in [3.63, 3.8) is 0 Å². The summed E-state index contributed by atoms with van der Waals surface area (Å²) in [5, 5.41) is 6.58. The molecule has 19 heavy (non-hydrogen) atoms. The second-order valence-corrected chi connectivity index (χ2v) is 6.58. The smallest absolute Gasteiger partial charge is 0.237 e. The Morgan fingerprint density at radius 3 is 2.47 bits per heavy atom. The van der Waals surface area contributed by atoms with E-state index in [-0.39, 0.29) is 11.9 Å². The van der Waals surface area contributed by atoms with Gasteiger partial charge in [-0.2, -0.15) is 0 Å². The Morgan fingerprint density at radius 2 is 1.89 bits per heavy atom. The molecule has 2 N–H and O–H groups in total. The number of nitrogens with zero attached hydrogens (tertiary/aromatic N) is 1. The number of hydrogen-bond donors (Lipinski definition) is 2. The average Bonchev–Trinajstić information content (AvgIpc) is 3.29. The van der Waals surface area contributed by atoms with Crippen LogP contribution in [0.4, 0.5) is 0 Å². The van der Waals surface area contributed by atoms with Gasteiger partial charge in [0.2, 0.25) is 5.91 Å². The van der Waals surface area contributed by atoms with Crippen LogP contribution in [0.25, 0.3) is 0 Å². The van der Waals surface area contributed by atoms with Gasteiger partial charge in [-0.1, -0.05) is 0 Å². The van der Waals surface area contributed by atoms with E-state index in [2.05, 4.69) is 22.5 Å². The Morgan fingerprint density at radius 1 is 1.21 bits per heavy atom. The number of piperidine rings is 1. The van der Waals surface area contributed by atoms with Gasteiger partial charge in [0.05, 0.1) is 6.04 Å². The zero-order valence-corrected chi connectivity index (χ0v) is 12.0. The van der Waals surface area contributed by atoms with E-state index < -0.39 is 0 Å². The van der Waals surface area contributed by atoms with Gasteiger partial charge in [0, 0.05) is 18.6 Å². The van der Waals surface area contributed by atoms with E-state index in [0.29, 0.717) is 12.1 Å². The van der Waals surface area contributed by atoms with Crippen LogP contribution in [-0.4, -0.2) is 48.6 Å². The second-order valence-electron chi connectivity index (χ2n) is 6.58. The summed E-state index contributed by atoms with van der Waals surface area (Å²) < 4.78 is 0. The first kappa shape index (κ1) is 13.4. The van der Waals surface area contributed by atoms with Gasteiger partial charge in [0.15, 0.2) is 0 Å². The van der Waals surface area contributed by atoms with Crippen molar-refractivity contribution >= 4 is 5.91 Å². The van der Waals surface area contributed by atoms with E-state index >= 15 is 0 Å². The monoisotopic (exact) mass is 265 g/mol. The van der Waals surface area contributed by atoms with Gasteiger partial charge in [-0.15, -0.1) is 0 Å².